The molecule has 4 aromatic rings. The molecule has 6 heteroatoms. The van der Waals surface area contributed by atoms with E-state index in [1.54, 1.807) is 42.5 Å². The van der Waals surface area contributed by atoms with Crippen molar-refractivity contribution >= 4 is 27.2 Å². The Balaban J connectivity index is 0.000000804. The molecule has 0 bridgehead atoms. The molecule has 3 aromatic carbocycles. The Morgan fingerprint density at radius 1 is 0.868 bits per heavy atom. The molecule has 1 aromatic heterocycles. The van der Waals surface area contributed by atoms with Gasteiger partial charge in [-0.05, 0) is 85.1 Å². The van der Waals surface area contributed by atoms with Crippen molar-refractivity contribution in [3.63, 3.8) is 0 Å². The summed E-state index contributed by atoms with van der Waals surface area (Å²) in [6.07, 6.45) is 4.19. The van der Waals surface area contributed by atoms with Crippen molar-refractivity contribution in [1.29, 1.82) is 0 Å². The van der Waals surface area contributed by atoms with Gasteiger partial charge < -0.3 is 14.9 Å². The van der Waals surface area contributed by atoms with Gasteiger partial charge in [0.1, 0.15) is 23.4 Å². The van der Waals surface area contributed by atoms with E-state index in [0.717, 1.165) is 45.4 Å². The second-order valence-electron chi connectivity index (χ2n) is 9.17. The normalized spacial score (nSPS) is 15.4. The maximum absolute atomic E-state index is 13.7. The lowest BCUT2D eigenvalue weighted by Gasteiger charge is -2.47. The van der Waals surface area contributed by atoms with E-state index in [-0.39, 0.29) is 23.4 Å². The number of rotatable bonds is 6. The highest BCUT2D eigenvalue weighted by Gasteiger charge is 2.36. The molecule has 0 amide bonds. The SMILES string of the molecule is CC.CC.O=C(c1ccc(OC2CN(C3CCC3)C2)cc1)c1c(-c2ccc(O)cc2)sc2cc(O)ccc12. The Labute approximate surface area is 229 Å². The first-order valence-electron chi connectivity index (χ1n) is 13.7. The number of benzene rings is 3. The van der Waals surface area contributed by atoms with E-state index in [4.69, 9.17) is 4.74 Å². The number of hydrogen-bond donors (Lipinski definition) is 2. The van der Waals surface area contributed by atoms with E-state index in [1.165, 1.54) is 30.6 Å². The minimum atomic E-state index is -0.0774. The van der Waals surface area contributed by atoms with Gasteiger partial charge in [0.15, 0.2) is 5.78 Å². The fraction of sp³-hybridized carbons (Fsp3) is 0.344. The highest BCUT2D eigenvalue weighted by molar-refractivity contribution is 7.22. The van der Waals surface area contributed by atoms with E-state index in [2.05, 4.69) is 4.90 Å². The molecule has 2 fully saturated rings. The van der Waals surface area contributed by atoms with E-state index >= 15 is 0 Å². The molecule has 0 radical (unpaired) electrons. The summed E-state index contributed by atoms with van der Waals surface area (Å²) < 4.78 is 6.95. The van der Waals surface area contributed by atoms with Crippen LogP contribution in [0.5, 0.6) is 17.2 Å². The smallest absolute Gasteiger partial charge is 0.195 e. The minimum Gasteiger partial charge on any atom is -0.508 e. The molecule has 2 N–H and O–H groups in total. The molecular formula is C32H37NO4S. The lowest BCUT2D eigenvalue weighted by molar-refractivity contribution is -0.0308. The summed E-state index contributed by atoms with van der Waals surface area (Å²) >= 11 is 1.46. The fourth-order valence-corrected chi connectivity index (χ4v) is 5.98. The van der Waals surface area contributed by atoms with Crippen LogP contribution in [0, 0.1) is 0 Å². The molecule has 38 heavy (non-hydrogen) atoms. The summed E-state index contributed by atoms with van der Waals surface area (Å²) in [6, 6.07) is 20.1. The molecular weight excluding hydrogens is 494 g/mol. The lowest BCUT2D eigenvalue weighted by atomic mass is 9.89. The van der Waals surface area contributed by atoms with Gasteiger partial charge in [0.25, 0.3) is 0 Å². The quantitative estimate of drug-likeness (QED) is 0.248. The van der Waals surface area contributed by atoms with Gasteiger partial charge in [-0.3, -0.25) is 9.69 Å². The largest absolute Gasteiger partial charge is 0.508 e. The van der Waals surface area contributed by atoms with Crippen LogP contribution in [0.1, 0.15) is 62.9 Å². The molecule has 1 aliphatic carbocycles. The van der Waals surface area contributed by atoms with Crippen LogP contribution in [0.4, 0.5) is 0 Å². The second kappa shape index (κ2) is 12.5. The van der Waals surface area contributed by atoms with Crippen molar-refractivity contribution in [1.82, 2.24) is 4.90 Å². The molecule has 1 saturated heterocycles. The third-order valence-corrected chi connectivity index (χ3v) is 8.12. The van der Waals surface area contributed by atoms with E-state index in [1.807, 2.05) is 52.0 Å². The van der Waals surface area contributed by atoms with E-state index < -0.39 is 0 Å². The predicted molar refractivity (Wildman–Crippen MR) is 157 cm³/mol. The Kier molecular flexibility index (Phi) is 9.08. The van der Waals surface area contributed by atoms with Crippen LogP contribution in [-0.2, 0) is 0 Å². The summed E-state index contributed by atoms with van der Waals surface area (Å²) in [4.78, 5) is 17.0. The Bertz CT molecular complexity index is 1350. The second-order valence-corrected chi connectivity index (χ2v) is 10.2. The average Bonchev–Trinajstić information content (AvgIpc) is 3.27. The molecule has 200 valence electrons. The number of likely N-dealkylation sites (tertiary alicyclic amines) is 1. The van der Waals surface area contributed by atoms with E-state index in [0.29, 0.717) is 11.1 Å². The number of phenols is 2. The number of fused-ring (bicyclic) bond motifs is 1. The van der Waals surface area contributed by atoms with Gasteiger partial charge >= 0.3 is 0 Å². The molecule has 0 spiro atoms. The maximum Gasteiger partial charge on any atom is 0.195 e. The number of thiophene rings is 1. The van der Waals surface area contributed by atoms with Gasteiger partial charge in [-0.2, -0.15) is 0 Å². The number of ether oxygens (including phenoxy) is 1. The first-order chi connectivity index (χ1) is 18.5. The standard InChI is InChI=1S/C28H25NO4S.2C2H6/c30-20-8-4-18(5-9-20)28-26(24-13-10-21(31)14-25(24)34-28)27(32)17-6-11-22(12-7-17)33-23-15-29(16-23)19-2-1-3-19;2*1-2/h4-14,19,23,30-31H,1-3,15-16H2;2*1-2H3. The predicted octanol–water partition coefficient (Wildman–Crippen LogP) is 7.88. The number of carbonyl (C=O) groups excluding carboxylic acids is 1. The molecule has 0 unspecified atom stereocenters. The maximum atomic E-state index is 13.7. The van der Waals surface area contributed by atoms with Crippen LogP contribution < -0.4 is 4.74 Å². The van der Waals surface area contributed by atoms with Crippen LogP contribution in [0.2, 0.25) is 0 Å². The number of carbonyl (C=O) groups is 1. The van der Waals surface area contributed by atoms with Gasteiger partial charge in [0.05, 0.1) is 0 Å². The first kappa shape index (κ1) is 27.7. The van der Waals surface area contributed by atoms with Crippen LogP contribution >= 0.6 is 11.3 Å². The monoisotopic (exact) mass is 531 g/mol. The van der Waals surface area contributed by atoms with Crippen LogP contribution in [0.25, 0.3) is 20.5 Å². The van der Waals surface area contributed by atoms with Crippen LogP contribution in [-0.4, -0.2) is 46.1 Å². The zero-order valence-electron chi connectivity index (χ0n) is 22.6. The first-order valence-corrected chi connectivity index (χ1v) is 14.5. The topological polar surface area (TPSA) is 70.0 Å². The van der Waals surface area contributed by atoms with Gasteiger partial charge in [-0.25, -0.2) is 0 Å². The molecule has 2 heterocycles. The number of nitrogens with zero attached hydrogens (tertiary/aromatic N) is 1. The summed E-state index contributed by atoms with van der Waals surface area (Å²) in [5.74, 6) is 1.05. The van der Waals surface area contributed by atoms with Crippen molar-refractivity contribution < 1.29 is 19.7 Å². The number of hydrogen-bond acceptors (Lipinski definition) is 6. The van der Waals surface area contributed by atoms with E-state index in [9.17, 15) is 15.0 Å². The lowest BCUT2D eigenvalue weighted by Crippen LogP contribution is -2.59. The molecule has 2 aliphatic rings. The van der Waals surface area contributed by atoms with Gasteiger partial charge in [-0.1, -0.05) is 34.1 Å². The Morgan fingerprint density at radius 3 is 2.11 bits per heavy atom. The molecule has 0 atom stereocenters. The highest BCUT2D eigenvalue weighted by atomic mass is 32.1. The van der Waals surface area contributed by atoms with Gasteiger partial charge in [-0.15, -0.1) is 11.3 Å². The Morgan fingerprint density at radius 2 is 1.50 bits per heavy atom. The average molecular weight is 532 g/mol. The molecule has 5 nitrogen and oxygen atoms in total. The third kappa shape index (κ3) is 5.71. The van der Waals surface area contributed by atoms with Crippen molar-refractivity contribution in [2.24, 2.45) is 0 Å². The molecule has 6 rings (SSSR count). The van der Waals surface area contributed by atoms with Crippen molar-refractivity contribution in [2.45, 2.75) is 59.1 Å². The fourth-order valence-electron chi connectivity index (χ4n) is 4.74. The molecule has 1 aliphatic heterocycles. The van der Waals surface area contributed by atoms with Crippen molar-refractivity contribution in [2.75, 3.05) is 13.1 Å². The van der Waals surface area contributed by atoms with Crippen molar-refractivity contribution in [3.05, 3.63) is 77.9 Å². The zero-order chi connectivity index (χ0) is 27.2. The Hall–Kier alpha value is -3.35. The van der Waals surface area contributed by atoms with Crippen molar-refractivity contribution in [3.8, 4) is 27.7 Å². The van der Waals surface area contributed by atoms with Gasteiger partial charge in [0.2, 0.25) is 0 Å². The summed E-state index contributed by atoms with van der Waals surface area (Å²) in [5.41, 5.74) is 2.04. The van der Waals surface area contributed by atoms with Crippen LogP contribution in [0.3, 0.4) is 0 Å². The number of phenolic OH excluding ortho intramolecular Hbond substituents is 2. The summed E-state index contributed by atoms with van der Waals surface area (Å²) in [6.45, 7) is 9.96. The number of aromatic hydroxyl groups is 2. The zero-order valence-corrected chi connectivity index (χ0v) is 23.4. The van der Waals surface area contributed by atoms with Crippen LogP contribution in [0.15, 0.2) is 66.7 Å². The summed E-state index contributed by atoms with van der Waals surface area (Å²) in [7, 11) is 0. The minimum absolute atomic E-state index is 0.0774. The summed E-state index contributed by atoms with van der Waals surface area (Å²) in [5, 5.41) is 20.5. The van der Waals surface area contributed by atoms with Gasteiger partial charge in [0, 0.05) is 45.2 Å². The third-order valence-electron chi connectivity index (χ3n) is 6.92. The number of ketones is 1. The molecule has 1 saturated carbocycles. The highest BCUT2D eigenvalue weighted by Crippen LogP contribution is 2.41.